The van der Waals surface area contributed by atoms with Crippen molar-refractivity contribution in [3.8, 4) is 16.9 Å². The molecule has 1 aromatic heterocycles. The average molecular weight is 366 g/mol. The van der Waals surface area contributed by atoms with Gasteiger partial charge in [0.2, 0.25) is 0 Å². The molecule has 0 bridgehead atoms. The first-order valence-corrected chi connectivity index (χ1v) is 7.94. The van der Waals surface area contributed by atoms with E-state index in [0.717, 1.165) is 5.69 Å². The van der Waals surface area contributed by atoms with Gasteiger partial charge in [-0.3, -0.25) is 15.5 Å². The van der Waals surface area contributed by atoms with Crippen LogP contribution in [0.25, 0.3) is 16.9 Å². The van der Waals surface area contributed by atoms with Gasteiger partial charge in [-0.05, 0) is 24.4 Å². The van der Waals surface area contributed by atoms with Crippen LogP contribution in [0.1, 0.15) is 5.56 Å². The number of nitro benzene ring substituents is 1. The van der Waals surface area contributed by atoms with Crippen molar-refractivity contribution in [3.63, 3.8) is 0 Å². The van der Waals surface area contributed by atoms with Crippen molar-refractivity contribution in [1.82, 2.24) is 15.2 Å². The van der Waals surface area contributed by atoms with E-state index in [1.165, 1.54) is 18.3 Å². The lowest BCUT2D eigenvalue weighted by atomic mass is 10.1. The van der Waals surface area contributed by atoms with E-state index >= 15 is 0 Å². The molecule has 0 saturated heterocycles. The zero-order valence-corrected chi connectivity index (χ0v) is 14.3. The first-order chi connectivity index (χ1) is 12.5. The van der Waals surface area contributed by atoms with Gasteiger partial charge in [-0.15, -0.1) is 0 Å². The summed E-state index contributed by atoms with van der Waals surface area (Å²) >= 11 is 4.72. The van der Waals surface area contributed by atoms with Crippen molar-refractivity contribution in [1.29, 1.82) is 0 Å². The Morgan fingerprint density at radius 1 is 1.27 bits per heavy atom. The summed E-state index contributed by atoms with van der Waals surface area (Å²) in [6.07, 6.45) is 3.29. The number of rotatable bonds is 5. The summed E-state index contributed by atoms with van der Waals surface area (Å²) in [7, 11) is 0. The molecule has 0 unspecified atom stereocenters. The Bertz CT molecular complexity index is 984. The Morgan fingerprint density at radius 2 is 2.04 bits per heavy atom. The number of thiocarbonyl (C=S) groups is 1. The number of benzene rings is 2. The normalized spacial score (nSPS) is 10.8. The molecule has 3 aromatic rings. The van der Waals surface area contributed by atoms with Gasteiger partial charge in [0.05, 0.1) is 16.8 Å². The third-order valence-corrected chi connectivity index (χ3v) is 3.56. The minimum absolute atomic E-state index is 0.0130. The molecule has 0 aliphatic heterocycles. The van der Waals surface area contributed by atoms with Gasteiger partial charge in [0.15, 0.2) is 5.11 Å². The van der Waals surface area contributed by atoms with E-state index in [9.17, 15) is 10.1 Å². The van der Waals surface area contributed by atoms with Crippen LogP contribution in [-0.4, -0.2) is 26.0 Å². The molecule has 9 heteroatoms. The Balaban J connectivity index is 2.08. The van der Waals surface area contributed by atoms with E-state index in [1.807, 2.05) is 30.3 Å². The summed E-state index contributed by atoms with van der Waals surface area (Å²) in [6.45, 7) is 0. The Labute approximate surface area is 154 Å². The van der Waals surface area contributed by atoms with Crippen molar-refractivity contribution in [2.45, 2.75) is 0 Å². The summed E-state index contributed by atoms with van der Waals surface area (Å²) in [6, 6.07) is 15.8. The number of hydrogen-bond acceptors (Lipinski definition) is 5. The number of nitrogens with two attached hydrogens (primary N) is 1. The van der Waals surface area contributed by atoms with Crippen LogP contribution in [0.3, 0.4) is 0 Å². The van der Waals surface area contributed by atoms with E-state index in [-0.39, 0.29) is 10.8 Å². The first kappa shape index (κ1) is 17.2. The zero-order valence-electron chi connectivity index (χ0n) is 13.4. The van der Waals surface area contributed by atoms with Crippen LogP contribution in [-0.2, 0) is 0 Å². The molecule has 0 aliphatic carbocycles. The van der Waals surface area contributed by atoms with Gasteiger partial charge >= 0.3 is 0 Å². The Kier molecular flexibility index (Phi) is 4.99. The molecule has 0 fully saturated rings. The maximum Gasteiger partial charge on any atom is 0.270 e. The van der Waals surface area contributed by atoms with E-state index in [2.05, 4.69) is 15.6 Å². The topological polar surface area (TPSA) is 111 Å². The van der Waals surface area contributed by atoms with Crippen LogP contribution in [0.2, 0.25) is 0 Å². The molecule has 3 rings (SSSR count). The van der Waals surface area contributed by atoms with Gasteiger partial charge in [-0.25, -0.2) is 4.68 Å². The van der Waals surface area contributed by atoms with Crippen LogP contribution < -0.4 is 11.2 Å². The summed E-state index contributed by atoms with van der Waals surface area (Å²) in [5.74, 6) is 0. The lowest BCUT2D eigenvalue weighted by molar-refractivity contribution is -0.384. The fourth-order valence-electron chi connectivity index (χ4n) is 2.35. The molecule has 0 saturated carbocycles. The maximum absolute atomic E-state index is 11.1. The summed E-state index contributed by atoms with van der Waals surface area (Å²) in [5, 5.41) is 19.6. The minimum Gasteiger partial charge on any atom is -0.375 e. The highest BCUT2D eigenvalue weighted by Gasteiger charge is 2.14. The quantitative estimate of drug-likeness (QED) is 0.311. The van der Waals surface area contributed by atoms with Gasteiger partial charge in [-0.2, -0.15) is 10.2 Å². The molecular weight excluding hydrogens is 352 g/mol. The smallest absolute Gasteiger partial charge is 0.270 e. The molecule has 8 nitrogen and oxygen atoms in total. The van der Waals surface area contributed by atoms with Gasteiger partial charge < -0.3 is 5.73 Å². The van der Waals surface area contributed by atoms with Crippen LogP contribution in [0.15, 0.2) is 65.9 Å². The Morgan fingerprint density at radius 3 is 2.73 bits per heavy atom. The van der Waals surface area contributed by atoms with Crippen molar-refractivity contribution in [2.75, 3.05) is 0 Å². The van der Waals surface area contributed by atoms with Crippen molar-refractivity contribution >= 4 is 29.2 Å². The second-order valence-corrected chi connectivity index (χ2v) is 5.69. The SMILES string of the molecule is NC(=S)N/N=C\c1cn(-c2ccccc2)nc1-c1cccc([N+](=O)[O-])c1. The molecule has 0 atom stereocenters. The molecule has 0 spiro atoms. The van der Waals surface area contributed by atoms with Crippen LogP contribution in [0, 0.1) is 10.1 Å². The van der Waals surface area contributed by atoms with E-state index < -0.39 is 4.92 Å². The number of nitrogens with one attached hydrogen (secondary N) is 1. The fraction of sp³-hybridized carbons (Fsp3) is 0. The highest BCUT2D eigenvalue weighted by molar-refractivity contribution is 7.80. The number of para-hydroxylation sites is 1. The number of aromatic nitrogens is 2. The highest BCUT2D eigenvalue weighted by Crippen LogP contribution is 2.26. The number of hydrazone groups is 1. The molecule has 0 radical (unpaired) electrons. The molecule has 26 heavy (non-hydrogen) atoms. The van der Waals surface area contributed by atoms with Crippen molar-refractivity contribution < 1.29 is 4.92 Å². The summed E-state index contributed by atoms with van der Waals surface area (Å²) < 4.78 is 1.68. The lowest BCUT2D eigenvalue weighted by Gasteiger charge is -2.00. The number of nitro groups is 1. The minimum atomic E-state index is -0.445. The molecule has 1 heterocycles. The largest absolute Gasteiger partial charge is 0.375 e. The van der Waals surface area contributed by atoms with Crippen molar-refractivity contribution in [3.05, 3.63) is 76.5 Å². The number of hydrogen-bond donors (Lipinski definition) is 2. The van der Waals surface area contributed by atoms with Gasteiger partial charge in [-0.1, -0.05) is 30.3 Å². The van der Waals surface area contributed by atoms with E-state index in [1.54, 1.807) is 23.0 Å². The maximum atomic E-state index is 11.1. The molecule has 2 aromatic carbocycles. The monoisotopic (exact) mass is 366 g/mol. The summed E-state index contributed by atoms with van der Waals surface area (Å²) in [5.41, 5.74) is 10.5. The van der Waals surface area contributed by atoms with Gasteiger partial charge in [0.1, 0.15) is 5.69 Å². The fourth-order valence-corrected chi connectivity index (χ4v) is 2.40. The number of nitrogens with zero attached hydrogens (tertiary/aromatic N) is 4. The van der Waals surface area contributed by atoms with Crippen LogP contribution in [0.4, 0.5) is 5.69 Å². The third kappa shape index (κ3) is 3.90. The predicted octanol–water partition coefficient (Wildman–Crippen LogP) is 2.61. The summed E-state index contributed by atoms with van der Waals surface area (Å²) in [4.78, 5) is 10.6. The molecule has 0 aliphatic rings. The third-order valence-electron chi connectivity index (χ3n) is 3.47. The standard InChI is InChI=1S/C17H14N6O2S/c18-17(26)20-19-10-13-11-22(14-6-2-1-3-7-14)21-16(13)12-5-4-8-15(9-12)23(24)25/h1-11H,(H3,18,20,26)/b19-10-. The van der Waals surface area contributed by atoms with E-state index in [0.29, 0.717) is 16.8 Å². The molecular formula is C17H14N6O2S. The Hall–Kier alpha value is -3.59. The lowest BCUT2D eigenvalue weighted by Crippen LogP contribution is -2.24. The number of non-ortho nitro benzene ring substituents is 1. The molecule has 0 amide bonds. The van der Waals surface area contributed by atoms with Crippen LogP contribution in [0.5, 0.6) is 0 Å². The average Bonchev–Trinajstić information content (AvgIpc) is 3.06. The van der Waals surface area contributed by atoms with E-state index in [4.69, 9.17) is 18.0 Å². The van der Waals surface area contributed by atoms with Crippen molar-refractivity contribution in [2.24, 2.45) is 10.8 Å². The van der Waals surface area contributed by atoms with Gasteiger partial charge in [0.25, 0.3) is 5.69 Å². The second kappa shape index (κ2) is 7.53. The molecule has 3 N–H and O–H groups in total. The zero-order chi connectivity index (χ0) is 18.5. The van der Waals surface area contributed by atoms with Gasteiger partial charge in [0, 0.05) is 29.5 Å². The second-order valence-electron chi connectivity index (χ2n) is 5.25. The highest BCUT2D eigenvalue weighted by atomic mass is 32.1. The molecule has 130 valence electrons. The predicted molar refractivity (Wildman–Crippen MR) is 103 cm³/mol. The van der Waals surface area contributed by atoms with Crippen LogP contribution >= 0.6 is 12.2 Å². The first-order valence-electron chi connectivity index (χ1n) is 7.53.